The van der Waals surface area contributed by atoms with Gasteiger partial charge >= 0.3 is 5.97 Å². The first-order chi connectivity index (χ1) is 11.0. The van der Waals surface area contributed by atoms with E-state index in [2.05, 4.69) is 10.2 Å². The molecule has 1 aromatic heterocycles. The van der Waals surface area contributed by atoms with Crippen LogP contribution in [0.25, 0.3) is 0 Å². The average molecular weight is 340 g/mol. The smallest absolute Gasteiger partial charge is 0.341 e. The van der Waals surface area contributed by atoms with Crippen LogP contribution in [0, 0.1) is 19.8 Å². The average Bonchev–Trinajstić information content (AvgIpc) is 2.81. The van der Waals surface area contributed by atoms with E-state index in [-0.39, 0.29) is 12.5 Å². The number of rotatable bonds is 5. The molecule has 128 valence electrons. The molecule has 2 N–H and O–H groups in total. The molecule has 0 spiro atoms. The van der Waals surface area contributed by atoms with Crippen molar-refractivity contribution in [2.75, 3.05) is 38.7 Å². The molecule has 1 aliphatic heterocycles. The van der Waals surface area contributed by atoms with Crippen LogP contribution in [0.5, 0.6) is 0 Å². The molecule has 23 heavy (non-hydrogen) atoms. The summed E-state index contributed by atoms with van der Waals surface area (Å²) >= 11 is 1.39. The van der Waals surface area contributed by atoms with Gasteiger partial charge in [0.2, 0.25) is 5.91 Å². The number of methoxy groups -OCH3 is 1. The van der Waals surface area contributed by atoms with E-state index in [0.717, 1.165) is 36.4 Å². The number of thiophene rings is 1. The lowest BCUT2D eigenvalue weighted by Gasteiger charge is -2.30. The third-order valence-corrected chi connectivity index (χ3v) is 5.48. The van der Waals surface area contributed by atoms with E-state index in [0.29, 0.717) is 23.0 Å². The second-order valence-corrected chi connectivity index (χ2v) is 7.15. The summed E-state index contributed by atoms with van der Waals surface area (Å²) in [6.45, 7) is 5.91. The van der Waals surface area contributed by atoms with Crippen molar-refractivity contribution in [3.63, 3.8) is 0 Å². The summed E-state index contributed by atoms with van der Waals surface area (Å²) in [5.41, 5.74) is 1.29. The van der Waals surface area contributed by atoms with Crippen molar-refractivity contribution in [3.05, 3.63) is 16.0 Å². The molecule has 1 aliphatic rings. The van der Waals surface area contributed by atoms with Crippen molar-refractivity contribution < 1.29 is 19.4 Å². The molecule has 2 rings (SSSR count). The lowest BCUT2D eigenvalue weighted by atomic mass is 9.98. The third kappa shape index (κ3) is 4.31. The van der Waals surface area contributed by atoms with Crippen LogP contribution < -0.4 is 5.32 Å². The Hall–Kier alpha value is -1.44. The molecule has 1 fully saturated rings. The van der Waals surface area contributed by atoms with Crippen LogP contribution >= 0.6 is 11.3 Å². The molecule has 0 radical (unpaired) electrons. The summed E-state index contributed by atoms with van der Waals surface area (Å²) in [5, 5.41) is 12.6. The summed E-state index contributed by atoms with van der Waals surface area (Å²) in [6, 6.07) is 0. The van der Waals surface area contributed by atoms with Crippen LogP contribution in [0.4, 0.5) is 5.00 Å². The number of likely N-dealkylation sites (tertiary alicyclic amines) is 1. The van der Waals surface area contributed by atoms with Gasteiger partial charge in [-0.15, -0.1) is 11.3 Å². The Bertz CT molecular complexity index is 577. The zero-order valence-corrected chi connectivity index (χ0v) is 14.7. The van der Waals surface area contributed by atoms with Crippen LogP contribution in [0.15, 0.2) is 0 Å². The van der Waals surface area contributed by atoms with Gasteiger partial charge in [0, 0.05) is 11.5 Å². The molecule has 0 aromatic carbocycles. The molecule has 1 amide bonds. The zero-order valence-electron chi connectivity index (χ0n) is 13.8. The second kappa shape index (κ2) is 7.90. The Morgan fingerprint density at radius 3 is 2.57 bits per heavy atom. The van der Waals surface area contributed by atoms with Gasteiger partial charge in [-0.3, -0.25) is 9.69 Å². The Morgan fingerprint density at radius 2 is 2.00 bits per heavy atom. The monoisotopic (exact) mass is 340 g/mol. The maximum Gasteiger partial charge on any atom is 0.341 e. The summed E-state index contributed by atoms with van der Waals surface area (Å²) in [7, 11) is 1.34. The lowest BCUT2D eigenvalue weighted by molar-refractivity contribution is -0.117. The van der Waals surface area contributed by atoms with Crippen LogP contribution in [0.2, 0.25) is 0 Å². The molecule has 0 unspecified atom stereocenters. The number of hydrogen-bond acceptors (Lipinski definition) is 6. The largest absolute Gasteiger partial charge is 0.465 e. The minimum atomic E-state index is -0.425. The number of hydrogen-bond donors (Lipinski definition) is 2. The first-order valence-corrected chi connectivity index (χ1v) is 8.59. The van der Waals surface area contributed by atoms with Gasteiger partial charge in [0.1, 0.15) is 5.00 Å². The van der Waals surface area contributed by atoms with Gasteiger partial charge in [0.25, 0.3) is 0 Å². The van der Waals surface area contributed by atoms with Crippen molar-refractivity contribution in [1.82, 2.24) is 4.90 Å². The number of amides is 1. The van der Waals surface area contributed by atoms with Crippen molar-refractivity contribution >= 4 is 28.2 Å². The first-order valence-electron chi connectivity index (χ1n) is 7.77. The molecule has 2 heterocycles. The van der Waals surface area contributed by atoms with E-state index in [4.69, 9.17) is 9.84 Å². The number of ether oxygens (including phenoxy) is 1. The fourth-order valence-corrected chi connectivity index (χ4v) is 3.82. The van der Waals surface area contributed by atoms with Crippen molar-refractivity contribution in [2.45, 2.75) is 26.7 Å². The normalized spacial score (nSPS) is 16.3. The Morgan fingerprint density at radius 1 is 1.35 bits per heavy atom. The zero-order chi connectivity index (χ0) is 17.0. The maximum atomic E-state index is 12.3. The molecule has 1 aromatic rings. The summed E-state index contributed by atoms with van der Waals surface area (Å²) in [5.74, 6) is -0.201. The molecule has 1 saturated heterocycles. The standard InChI is InChI=1S/C16H24N2O4S/c1-10-11(2)23-15(14(10)16(21)22-3)17-13(20)8-18-6-4-12(9-19)5-7-18/h12,19H,4-9H2,1-3H3,(H,17,20). The number of anilines is 1. The van der Waals surface area contributed by atoms with E-state index in [9.17, 15) is 9.59 Å². The predicted octanol–water partition coefficient (Wildman–Crippen LogP) is 1.79. The minimum Gasteiger partial charge on any atom is -0.465 e. The quantitative estimate of drug-likeness (QED) is 0.799. The Kier molecular flexibility index (Phi) is 6.15. The summed E-state index contributed by atoms with van der Waals surface area (Å²) in [6.07, 6.45) is 1.82. The number of piperidine rings is 1. The third-order valence-electron chi connectivity index (χ3n) is 4.36. The van der Waals surface area contributed by atoms with Crippen molar-refractivity contribution in [2.24, 2.45) is 5.92 Å². The molecule has 6 nitrogen and oxygen atoms in total. The van der Waals surface area contributed by atoms with Crippen LogP contribution in [-0.4, -0.2) is 55.2 Å². The summed E-state index contributed by atoms with van der Waals surface area (Å²) in [4.78, 5) is 27.2. The van der Waals surface area contributed by atoms with E-state index in [1.165, 1.54) is 18.4 Å². The fourth-order valence-electron chi connectivity index (χ4n) is 2.76. The van der Waals surface area contributed by atoms with E-state index >= 15 is 0 Å². The summed E-state index contributed by atoms with van der Waals surface area (Å²) < 4.78 is 4.81. The number of nitrogens with zero attached hydrogens (tertiary/aromatic N) is 1. The number of nitrogens with one attached hydrogen (secondary N) is 1. The Labute approximate surface area is 140 Å². The SMILES string of the molecule is COC(=O)c1c(NC(=O)CN2CCC(CO)CC2)sc(C)c1C. The highest BCUT2D eigenvalue weighted by atomic mass is 32.1. The van der Waals surface area contributed by atoms with Gasteiger partial charge in [-0.2, -0.15) is 0 Å². The van der Waals surface area contributed by atoms with Crippen LogP contribution in [0.1, 0.15) is 33.6 Å². The number of aliphatic hydroxyl groups excluding tert-OH is 1. The molecule has 0 bridgehead atoms. The highest BCUT2D eigenvalue weighted by molar-refractivity contribution is 7.16. The van der Waals surface area contributed by atoms with Gasteiger partial charge in [-0.1, -0.05) is 0 Å². The minimum absolute atomic E-state index is 0.126. The van der Waals surface area contributed by atoms with Gasteiger partial charge in [-0.25, -0.2) is 4.79 Å². The maximum absolute atomic E-state index is 12.3. The molecular weight excluding hydrogens is 316 g/mol. The van der Waals surface area contributed by atoms with Gasteiger partial charge < -0.3 is 15.2 Å². The van der Waals surface area contributed by atoms with E-state index < -0.39 is 5.97 Å². The molecule has 0 saturated carbocycles. The van der Waals surface area contributed by atoms with E-state index in [1.807, 2.05) is 13.8 Å². The fraction of sp³-hybridized carbons (Fsp3) is 0.625. The van der Waals surface area contributed by atoms with Crippen molar-refractivity contribution in [1.29, 1.82) is 0 Å². The first kappa shape index (κ1) is 17.9. The van der Waals surface area contributed by atoms with Crippen LogP contribution in [-0.2, 0) is 9.53 Å². The van der Waals surface area contributed by atoms with E-state index in [1.54, 1.807) is 0 Å². The highest BCUT2D eigenvalue weighted by Crippen LogP contribution is 2.33. The number of aryl methyl sites for hydroxylation is 1. The molecule has 7 heteroatoms. The lowest BCUT2D eigenvalue weighted by Crippen LogP contribution is -2.39. The highest BCUT2D eigenvalue weighted by Gasteiger charge is 2.24. The van der Waals surface area contributed by atoms with Crippen LogP contribution in [0.3, 0.4) is 0 Å². The van der Waals surface area contributed by atoms with Gasteiger partial charge in [-0.05, 0) is 51.3 Å². The van der Waals surface area contributed by atoms with Gasteiger partial charge in [0.05, 0.1) is 19.2 Å². The topological polar surface area (TPSA) is 78.9 Å². The van der Waals surface area contributed by atoms with Crippen molar-refractivity contribution in [3.8, 4) is 0 Å². The predicted molar refractivity (Wildman–Crippen MR) is 90.0 cm³/mol. The molecule has 0 aliphatic carbocycles. The second-order valence-electron chi connectivity index (χ2n) is 5.93. The number of carbonyl (C=O) groups excluding carboxylic acids is 2. The van der Waals surface area contributed by atoms with Gasteiger partial charge in [0.15, 0.2) is 0 Å². The molecule has 0 atom stereocenters. The number of carbonyl (C=O) groups is 2. The number of aliphatic hydroxyl groups is 1. The Balaban J connectivity index is 1.98. The number of esters is 1. The molecular formula is C16H24N2O4S.